The van der Waals surface area contributed by atoms with E-state index in [0.29, 0.717) is 29.3 Å². The Morgan fingerprint density at radius 1 is 1.13 bits per heavy atom. The van der Waals surface area contributed by atoms with E-state index >= 15 is 0 Å². The number of nitrogen functional groups attached to an aromatic ring is 2. The predicted octanol–water partition coefficient (Wildman–Crippen LogP) is 2.86. The summed E-state index contributed by atoms with van der Waals surface area (Å²) < 4.78 is 72.0. The number of amides is 2. The summed E-state index contributed by atoms with van der Waals surface area (Å²) in [5.41, 5.74) is 10.7. The predicted molar refractivity (Wildman–Crippen MR) is 129 cm³/mol. The first kappa shape index (κ1) is 27.5. The number of aryl methyl sites for hydroxylation is 1. The molecule has 206 valence electrons. The van der Waals surface area contributed by atoms with Gasteiger partial charge in [-0.3, -0.25) is 9.59 Å². The number of carbonyl (C=O) groups is 2. The molecular formula is C24H22F5N7O3. The topological polar surface area (TPSA) is 149 Å². The van der Waals surface area contributed by atoms with Gasteiger partial charge in [-0.1, -0.05) is 6.92 Å². The van der Waals surface area contributed by atoms with E-state index in [1.165, 1.54) is 19.2 Å². The minimum absolute atomic E-state index is 0.00591. The lowest BCUT2D eigenvalue weighted by Gasteiger charge is -2.40. The van der Waals surface area contributed by atoms with Crippen molar-refractivity contribution >= 4 is 29.3 Å². The number of rotatable bonds is 6. The molecule has 39 heavy (non-hydrogen) atoms. The number of nitrogens with one attached hydrogen (secondary N) is 1. The summed E-state index contributed by atoms with van der Waals surface area (Å²) >= 11 is 0. The van der Waals surface area contributed by atoms with Crippen LogP contribution in [0.4, 0.5) is 39.4 Å². The fourth-order valence-corrected chi connectivity index (χ4v) is 4.19. The molecule has 0 saturated carbocycles. The molecule has 5 N–H and O–H groups in total. The van der Waals surface area contributed by atoms with Gasteiger partial charge in [-0.05, 0) is 31.5 Å². The monoisotopic (exact) mass is 551 g/mol. The van der Waals surface area contributed by atoms with Gasteiger partial charge in [0.2, 0.25) is 17.4 Å². The number of fused-ring (bicyclic) bond motifs is 1. The first-order valence-corrected chi connectivity index (χ1v) is 11.5. The molecule has 2 amide bonds. The average Bonchev–Trinajstić information content (AvgIpc) is 2.84. The minimum atomic E-state index is -5.14. The first-order valence-electron chi connectivity index (χ1n) is 11.5. The number of carbonyl (C=O) groups excluding carboxylic acids is 2. The Bertz CT molecular complexity index is 1450. The number of hydrogen-bond acceptors (Lipinski definition) is 8. The number of aromatic nitrogens is 3. The Balaban J connectivity index is 1.81. The molecule has 4 rings (SSSR count). The van der Waals surface area contributed by atoms with Crippen molar-refractivity contribution in [1.29, 1.82) is 0 Å². The van der Waals surface area contributed by atoms with Gasteiger partial charge in [-0.25, -0.2) is 18.7 Å². The van der Waals surface area contributed by atoms with Crippen LogP contribution >= 0.6 is 0 Å². The van der Waals surface area contributed by atoms with Crippen LogP contribution in [0.5, 0.6) is 5.88 Å². The molecule has 2 aromatic heterocycles. The van der Waals surface area contributed by atoms with Crippen molar-refractivity contribution in [2.45, 2.75) is 32.0 Å². The molecule has 0 fully saturated rings. The lowest BCUT2D eigenvalue weighted by atomic mass is 9.91. The number of benzene rings is 1. The van der Waals surface area contributed by atoms with E-state index in [2.05, 4.69) is 15.0 Å². The zero-order valence-electron chi connectivity index (χ0n) is 20.6. The standard InChI is InChI=1S/C24H22F5N7O3/c1-3-15-17(18(30)35-22(31)34-15)11-6-16-19(33-10-11)39-23(2,12-7-13(25)9-14(26)8-12)21(38)36(16)5-4-32-20(37)24(27,28)29/h6-10H,3-5H2,1-2H3,(H,32,37)(H4,30,31,34,35)/t23-/m0/s1. The van der Waals surface area contributed by atoms with E-state index in [1.54, 1.807) is 12.2 Å². The molecule has 0 radical (unpaired) electrons. The van der Waals surface area contributed by atoms with Crippen LogP contribution in [0.2, 0.25) is 0 Å². The smallest absolute Gasteiger partial charge is 0.455 e. The molecule has 10 nitrogen and oxygen atoms in total. The van der Waals surface area contributed by atoms with Crippen LogP contribution in [0.1, 0.15) is 25.1 Å². The zero-order valence-corrected chi connectivity index (χ0v) is 20.6. The fourth-order valence-electron chi connectivity index (χ4n) is 4.19. The molecule has 0 aliphatic carbocycles. The third-order valence-electron chi connectivity index (χ3n) is 6.02. The summed E-state index contributed by atoms with van der Waals surface area (Å²) in [5, 5.41) is 1.69. The Morgan fingerprint density at radius 2 is 1.79 bits per heavy atom. The van der Waals surface area contributed by atoms with E-state index in [9.17, 15) is 31.5 Å². The number of hydrogen-bond donors (Lipinski definition) is 3. The van der Waals surface area contributed by atoms with E-state index < -0.39 is 48.3 Å². The molecule has 3 heterocycles. The number of nitrogens with two attached hydrogens (primary N) is 2. The fraction of sp³-hybridized carbons (Fsp3) is 0.292. The molecule has 0 unspecified atom stereocenters. The van der Waals surface area contributed by atoms with Crippen LogP contribution in [-0.2, 0) is 21.6 Å². The van der Waals surface area contributed by atoms with Crippen LogP contribution in [0.15, 0.2) is 30.5 Å². The van der Waals surface area contributed by atoms with Crippen molar-refractivity contribution in [2.24, 2.45) is 0 Å². The number of ether oxygens (including phenoxy) is 1. The first-order chi connectivity index (χ1) is 18.2. The Morgan fingerprint density at radius 3 is 2.41 bits per heavy atom. The normalized spacial score (nSPS) is 17.0. The van der Waals surface area contributed by atoms with Crippen LogP contribution in [-0.4, -0.2) is 46.0 Å². The van der Waals surface area contributed by atoms with E-state index in [-0.39, 0.29) is 28.9 Å². The zero-order chi connectivity index (χ0) is 28.7. The molecular weight excluding hydrogens is 529 g/mol. The van der Waals surface area contributed by atoms with Gasteiger partial charge in [0.25, 0.3) is 5.91 Å². The lowest BCUT2D eigenvalue weighted by molar-refractivity contribution is -0.173. The maximum Gasteiger partial charge on any atom is 0.471 e. The van der Waals surface area contributed by atoms with E-state index in [1.807, 2.05) is 0 Å². The van der Waals surface area contributed by atoms with E-state index in [0.717, 1.165) is 17.0 Å². The largest absolute Gasteiger partial charge is 0.471 e. The SMILES string of the molecule is CCc1nc(N)nc(N)c1-c1cnc2c(c1)N(CCNC(=O)C(F)(F)F)C(=O)[C@](C)(c1cc(F)cc(F)c1)O2. The van der Waals surface area contributed by atoms with E-state index in [4.69, 9.17) is 16.2 Å². The second kappa shape index (κ2) is 9.96. The molecule has 0 saturated heterocycles. The van der Waals surface area contributed by atoms with Crippen molar-refractivity contribution in [1.82, 2.24) is 20.3 Å². The lowest BCUT2D eigenvalue weighted by Crippen LogP contribution is -2.54. The molecule has 0 spiro atoms. The maximum atomic E-state index is 14.0. The van der Waals surface area contributed by atoms with Crippen LogP contribution < -0.4 is 26.4 Å². The number of halogens is 5. The van der Waals surface area contributed by atoms with Crippen molar-refractivity contribution < 1.29 is 36.3 Å². The molecule has 3 aromatic rings. The Labute approximate surface area is 218 Å². The average molecular weight is 551 g/mol. The molecule has 15 heteroatoms. The molecule has 1 aliphatic heterocycles. The molecule has 0 bridgehead atoms. The quantitative estimate of drug-likeness (QED) is 0.396. The van der Waals surface area contributed by atoms with Gasteiger partial charge in [0.05, 0.1) is 5.69 Å². The summed E-state index contributed by atoms with van der Waals surface area (Å²) in [4.78, 5) is 38.4. The highest BCUT2D eigenvalue weighted by molar-refractivity contribution is 6.03. The van der Waals surface area contributed by atoms with Gasteiger partial charge < -0.3 is 26.4 Å². The highest BCUT2D eigenvalue weighted by Gasteiger charge is 2.47. The van der Waals surface area contributed by atoms with Gasteiger partial charge in [-0.2, -0.15) is 18.2 Å². The third kappa shape index (κ3) is 5.24. The van der Waals surface area contributed by atoms with Crippen LogP contribution in [0.25, 0.3) is 11.1 Å². The third-order valence-corrected chi connectivity index (χ3v) is 6.02. The van der Waals surface area contributed by atoms with Crippen LogP contribution in [0.3, 0.4) is 0 Å². The van der Waals surface area contributed by atoms with Crippen molar-refractivity contribution in [3.8, 4) is 17.0 Å². The Hall–Kier alpha value is -4.56. The van der Waals surface area contributed by atoms with Crippen molar-refractivity contribution in [3.63, 3.8) is 0 Å². The highest BCUT2D eigenvalue weighted by Crippen LogP contribution is 2.43. The highest BCUT2D eigenvalue weighted by atomic mass is 19.4. The van der Waals surface area contributed by atoms with Gasteiger partial charge >= 0.3 is 12.1 Å². The second-order valence-electron chi connectivity index (χ2n) is 8.69. The minimum Gasteiger partial charge on any atom is -0.455 e. The summed E-state index contributed by atoms with van der Waals surface area (Å²) in [6, 6.07) is 3.82. The second-order valence-corrected chi connectivity index (χ2v) is 8.69. The van der Waals surface area contributed by atoms with Gasteiger partial charge in [-0.15, -0.1) is 0 Å². The number of nitrogens with zero attached hydrogens (tertiary/aromatic N) is 4. The summed E-state index contributed by atoms with van der Waals surface area (Å²) in [7, 11) is 0. The van der Waals surface area contributed by atoms with Gasteiger partial charge in [0.1, 0.15) is 23.1 Å². The number of pyridine rings is 1. The number of anilines is 3. The van der Waals surface area contributed by atoms with Crippen molar-refractivity contribution in [2.75, 3.05) is 29.5 Å². The molecule has 1 aliphatic rings. The summed E-state index contributed by atoms with van der Waals surface area (Å²) in [6.07, 6.45) is -3.40. The summed E-state index contributed by atoms with van der Waals surface area (Å²) in [5.74, 6) is -5.24. The van der Waals surface area contributed by atoms with Gasteiger partial charge in [0, 0.05) is 42.0 Å². The maximum absolute atomic E-state index is 14.0. The Kier molecular flexibility index (Phi) is 7.02. The molecule has 1 atom stereocenters. The van der Waals surface area contributed by atoms with Crippen molar-refractivity contribution in [3.05, 3.63) is 53.4 Å². The number of alkyl halides is 3. The van der Waals surface area contributed by atoms with Gasteiger partial charge in [0.15, 0.2) is 0 Å². The summed E-state index contributed by atoms with van der Waals surface area (Å²) in [6.45, 7) is 1.95. The molecule has 1 aromatic carbocycles. The van der Waals surface area contributed by atoms with Crippen LogP contribution in [0, 0.1) is 11.6 Å².